The molecule has 2 rings (SSSR count). The number of rotatable bonds is 4. The molecule has 3 atom stereocenters. The molecule has 0 amide bonds. The molecule has 1 saturated heterocycles. The highest BCUT2D eigenvalue weighted by Crippen LogP contribution is 2.24. The molecule has 0 bridgehead atoms. The van der Waals surface area contributed by atoms with E-state index in [1.54, 1.807) is 0 Å². The molecule has 1 fully saturated rings. The Hall–Kier alpha value is -0.770. The summed E-state index contributed by atoms with van der Waals surface area (Å²) >= 11 is 5.85. The zero-order valence-corrected chi connectivity index (χ0v) is 10.8. The largest absolute Gasteiger partial charge is 0.378 e. The van der Waals surface area contributed by atoms with Gasteiger partial charge in [-0.25, -0.2) is 0 Å². The molecule has 3 unspecified atom stereocenters. The maximum Gasteiger partial charge on any atom is 0.0792 e. The third-order valence-corrected chi connectivity index (χ3v) is 3.42. The molecule has 1 aromatic rings. The lowest BCUT2D eigenvalue weighted by atomic mass is 10.1. The molecule has 3 nitrogen and oxygen atoms in total. The second-order valence-electron chi connectivity index (χ2n) is 4.56. The topological polar surface area (TPSA) is 47.3 Å². The lowest BCUT2D eigenvalue weighted by Gasteiger charge is -2.24. The number of benzene rings is 1. The maximum atomic E-state index is 5.85. The summed E-state index contributed by atoms with van der Waals surface area (Å²) in [5, 5.41) is 4.15. The van der Waals surface area contributed by atoms with Crippen molar-refractivity contribution >= 4 is 17.3 Å². The van der Waals surface area contributed by atoms with Crippen LogP contribution in [-0.4, -0.2) is 24.8 Å². The second kappa shape index (κ2) is 5.71. The number of hydrogen-bond donors (Lipinski definition) is 2. The van der Waals surface area contributed by atoms with Crippen molar-refractivity contribution in [3.63, 3.8) is 0 Å². The SMILES string of the molecule is CC1CCC(C(CN)Nc2ccc(Cl)cc2)O1. The highest BCUT2D eigenvalue weighted by atomic mass is 35.5. The molecular formula is C13H19ClN2O. The molecule has 0 aromatic heterocycles. The minimum Gasteiger partial charge on any atom is -0.378 e. The molecule has 94 valence electrons. The van der Waals surface area contributed by atoms with Crippen LogP contribution in [0.2, 0.25) is 5.02 Å². The maximum absolute atomic E-state index is 5.85. The van der Waals surface area contributed by atoms with Gasteiger partial charge in [0.25, 0.3) is 0 Å². The lowest BCUT2D eigenvalue weighted by Crippen LogP contribution is -2.40. The fourth-order valence-electron chi connectivity index (χ4n) is 2.19. The molecule has 0 aliphatic carbocycles. The van der Waals surface area contributed by atoms with Gasteiger partial charge >= 0.3 is 0 Å². The standard InChI is InChI=1S/C13H19ClN2O/c1-9-2-7-13(17-9)12(8-15)16-11-5-3-10(14)4-6-11/h3-6,9,12-13,16H,2,7-8,15H2,1H3. The van der Waals surface area contributed by atoms with E-state index < -0.39 is 0 Å². The van der Waals surface area contributed by atoms with Crippen LogP contribution in [0.3, 0.4) is 0 Å². The first kappa shape index (κ1) is 12.7. The Kier molecular flexibility index (Phi) is 4.26. The van der Waals surface area contributed by atoms with Crippen molar-refractivity contribution in [1.29, 1.82) is 0 Å². The fraction of sp³-hybridized carbons (Fsp3) is 0.538. The van der Waals surface area contributed by atoms with Gasteiger partial charge in [0.2, 0.25) is 0 Å². The molecule has 0 radical (unpaired) electrons. The van der Waals surface area contributed by atoms with Gasteiger partial charge in [0.05, 0.1) is 18.2 Å². The van der Waals surface area contributed by atoms with Crippen molar-refractivity contribution in [2.75, 3.05) is 11.9 Å². The monoisotopic (exact) mass is 254 g/mol. The van der Waals surface area contributed by atoms with Crippen LogP contribution in [0.25, 0.3) is 0 Å². The van der Waals surface area contributed by atoms with Gasteiger partial charge in [-0.05, 0) is 44.0 Å². The minimum absolute atomic E-state index is 0.168. The highest BCUT2D eigenvalue weighted by Gasteiger charge is 2.28. The summed E-state index contributed by atoms with van der Waals surface area (Å²) in [7, 11) is 0. The van der Waals surface area contributed by atoms with Crippen LogP contribution in [0.1, 0.15) is 19.8 Å². The van der Waals surface area contributed by atoms with Gasteiger partial charge < -0.3 is 15.8 Å². The smallest absolute Gasteiger partial charge is 0.0792 e. The second-order valence-corrected chi connectivity index (χ2v) is 4.99. The van der Waals surface area contributed by atoms with Crippen molar-refractivity contribution < 1.29 is 4.74 Å². The van der Waals surface area contributed by atoms with Crippen molar-refractivity contribution in [1.82, 2.24) is 0 Å². The summed E-state index contributed by atoms with van der Waals surface area (Å²) < 4.78 is 5.84. The van der Waals surface area contributed by atoms with Crippen LogP contribution in [-0.2, 0) is 4.74 Å². The molecule has 1 heterocycles. The molecule has 3 N–H and O–H groups in total. The number of hydrogen-bond acceptors (Lipinski definition) is 3. The molecule has 1 aliphatic heterocycles. The number of halogens is 1. The van der Waals surface area contributed by atoms with E-state index in [0.29, 0.717) is 12.6 Å². The number of nitrogens with one attached hydrogen (secondary N) is 1. The van der Waals surface area contributed by atoms with Gasteiger partial charge in [-0.2, -0.15) is 0 Å². The Bertz CT molecular complexity index is 355. The summed E-state index contributed by atoms with van der Waals surface area (Å²) in [5.74, 6) is 0. The Morgan fingerprint density at radius 2 is 2.12 bits per heavy atom. The molecule has 4 heteroatoms. The van der Waals surface area contributed by atoms with E-state index in [2.05, 4.69) is 12.2 Å². The molecule has 1 aliphatic rings. The van der Waals surface area contributed by atoms with Crippen molar-refractivity contribution in [2.45, 2.75) is 38.0 Å². The Balaban J connectivity index is 1.97. The van der Waals surface area contributed by atoms with Crippen LogP contribution in [0, 0.1) is 0 Å². The van der Waals surface area contributed by atoms with Crippen LogP contribution in [0.5, 0.6) is 0 Å². The summed E-state index contributed by atoms with van der Waals surface area (Å²) in [6, 6.07) is 7.83. The van der Waals surface area contributed by atoms with Gasteiger partial charge in [-0.15, -0.1) is 0 Å². The zero-order valence-electron chi connectivity index (χ0n) is 10.0. The first-order valence-electron chi connectivity index (χ1n) is 6.06. The summed E-state index contributed by atoms with van der Waals surface area (Å²) in [6.45, 7) is 2.68. The van der Waals surface area contributed by atoms with Gasteiger partial charge in [0.15, 0.2) is 0 Å². The molecule has 0 saturated carbocycles. The Morgan fingerprint density at radius 1 is 1.41 bits per heavy atom. The van der Waals surface area contributed by atoms with Crippen molar-refractivity contribution in [3.8, 4) is 0 Å². The average molecular weight is 255 g/mol. The van der Waals surface area contributed by atoms with E-state index >= 15 is 0 Å². The van der Waals surface area contributed by atoms with E-state index in [1.807, 2.05) is 24.3 Å². The van der Waals surface area contributed by atoms with E-state index in [4.69, 9.17) is 22.1 Å². The molecule has 17 heavy (non-hydrogen) atoms. The zero-order chi connectivity index (χ0) is 12.3. The first-order valence-corrected chi connectivity index (χ1v) is 6.44. The average Bonchev–Trinajstić information content (AvgIpc) is 2.75. The van der Waals surface area contributed by atoms with Crippen LogP contribution >= 0.6 is 11.6 Å². The third-order valence-electron chi connectivity index (χ3n) is 3.16. The van der Waals surface area contributed by atoms with E-state index in [0.717, 1.165) is 23.6 Å². The minimum atomic E-state index is 0.168. The van der Waals surface area contributed by atoms with E-state index in [1.165, 1.54) is 0 Å². The van der Waals surface area contributed by atoms with Crippen molar-refractivity contribution in [3.05, 3.63) is 29.3 Å². The van der Waals surface area contributed by atoms with Gasteiger partial charge in [-0.1, -0.05) is 11.6 Å². The third kappa shape index (κ3) is 3.35. The first-order chi connectivity index (χ1) is 8.19. The summed E-state index contributed by atoms with van der Waals surface area (Å²) in [5.41, 5.74) is 6.84. The fourth-order valence-corrected chi connectivity index (χ4v) is 2.32. The van der Waals surface area contributed by atoms with Crippen LogP contribution in [0.4, 0.5) is 5.69 Å². The summed E-state index contributed by atoms with van der Waals surface area (Å²) in [6.07, 6.45) is 2.75. The Labute approximate surface area is 107 Å². The quantitative estimate of drug-likeness (QED) is 0.869. The van der Waals surface area contributed by atoms with E-state index in [9.17, 15) is 0 Å². The Morgan fingerprint density at radius 3 is 2.65 bits per heavy atom. The predicted octanol–water partition coefficient (Wildman–Crippen LogP) is 2.65. The van der Waals surface area contributed by atoms with E-state index in [-0.39, 0.29) is 12.1 Å². The van der Waals surface area contributed by atoms with Gasteiger partial charge in [0.1, 0.15) is 0 Å². The molecule has 1 aromatic carbocycles. The number of ether oxygens (including phenoxy) is 1. The number of anilines is 1. The normalized spacial score (nSPS) is 25.8. The van der Waals surface area contributed by atoms with Crippen LogP contribution < -0.4 is 11.1 Å². The number of nitrogens with two attached hydrogens (primary N) is 1. The lowest BCUT2D eigenvalue weighted by molar-refractivity contribution is 0.0460. The van der Waals surface area contributed by atoms with Gasteiger partial charge in [0, 0.05) is 17.3 Å². The predicted molar refractivity (Wildman–Crippen MR) is 71.5 cm³/mol. The van der Waals surface area contributed by atoms with Gasteiger partial charge in [-0.3, -0.25) is 0 Å². The van der Waals surface area contributed by atoms with Crippen LogP contribution in [0.15, 0.2) is 24.3 Å². The molecule has 0 spiro atoms. The van der Waals surface area contributed by atoms with Crippen molar-refractivity contribution in [2.24, 2.45) is 5.73 Å². The molecular weight excluding hydrogens is 236 g/mol. The highest BCUT2D eigenvalue weighted by molar-refractivity contribution is 6.30. The summed E-state index contributed by atoms with van der Waals surface area (Å²) in [4.78, 5) is 0.